The number of aryl methyl sites for hydroxylation is 2. The lowest BCUT2D eigenvalue weighted by Crippen LogP contribution is -2.72. The number of hydrogen-bond donors (Lipinski definition) is 2. The molecular formula is C29H31N3O4S. The van der Waals surface area contributed by atoms with E-state index >= 15 is 0 Å². The first kappa shape index (κ1) is 24.9. The van der Waals surface area contributed by atoms with Gasteiger partial charge < -0.3 is 24.8 Å². The molecule has 0 saturated carbocycles. The number of methoxy groups -OCH3 is 1. The van der Waals surface area contributed by atoms with Crippen LogP contribution in [0.25, 0.3) is 0 Å². The van der Waals surface area contributed by atoms with Crippen molar-refractivity contribution in [3.8, 4) is 17.2 Å². The molecule has 2 aliphatic heterocycles. The third-order valence-corrected chi connectivity index (χ3v) is 7.34. The van der Waals surface area contributed by atoms with E-state index in [2.05, 4.69) is 10.6 Å². The van der Waals surface area contributed by atoms with Crippen molar-refractivity contribution in [2.24, 2.45) is 5.92 Å². The molecular weight excluding hydrogens is 486 g/mol. The van der Waals surface area contributed by atoms with Gasteiger partial charge in [0.2, 0.25) is 5.91 Å². The molecule has 2 heterocycles. The van der Waals surface area contributed by atoms with Crippen molar-refractivity contribution in [1.29, 1.82) is 0 Å². The Morgan fingerprint density at radius 2 is 1.89 bits per heavy atom. The van der Waals surface area contributed by atoms with E-state index in [9.17, 15) is 4.79 Å². The van der Waals surface area contributed by atoms with Crippen molar-refractivity contribution in [2.75, 3.05) is 23.9 Å². The molecule has 7 nitrogen and oxygen atoms in total. The molecule has 8 heteroatoms. The van der Waals surface area contributed by atoms with Crippen molar-refractivity contribution in [2.45, 2.75) is 39.5 Å². The topological polar surface area (TPSA) is 72.1 Å². The number of carbonyl (C=O) groups is 1. The fourth-order valence-corrected chi connectivity index (χ4v) is 5.79. The Hall–Kier alpha value is -3.78. The van der Waals surface area contributed by atoms with Crippen LogP contribution in [0.3, 0.4) is 0 Å². The van der Waals surface area contributed by atoms with E-state index in [-0.39, 0.29) is 5.91 Å². The molecule has 2 bridgehead atoms. The third-order valence-electron chi connectivity index (χ3n) is 7.04. The SMILES string of the molecule is CCOc1cccc2c1O[C@@]1(C)[C@H](C(=O)Nc3ccc(C)cc3C)[C@@H]2NC(=S)N1c1ccccc1OC. The summed E-state index contributed by atoms with van der Waals surface area (Å²) in [4.78, 5) is 16.0. The summed E-state index contributed by atoms with van der Waals surface area (Å²) in [7, 11) is 1.61. The Morgan fingerprint density at radius 1 is 1.14 bits per heavy atom. The molecule has 3 atom stereocenters. The maximum Gasteiger partial charge on any atom is 0.236 e. The van der Waals surface area contributed by atoms with Gasteiger partial charge in [0.05, 0.1) is 25.4 Å². The van der Waals surface area contributed by atoms with Gasteiger partial charge in [-0.25, -0.2) is 0 Å². The Morgan fingerprint density at radius 3 is 2.62 bits per heavy atom. The molecule has 3 aromatic carbocycles. The first-order chi connectivity index (χ1) is 17.8. The van der Waals surface area contributed by atoms with E-state index in [1.165, 1.54) is 0 Å². The molecule has 37 heavy (non-hydrogen) atoms. The molecule has 5 rings (SSSR count). The number of nitrogens with zero attached hydrogens (tertiary/aromatic N) is 1. The van der Waals surface area contributed by atoms with Gasteiger partial charge in [-0.05, 0) is 69.7 Å². The number of anilines is 2. The number of nitrogens with one attached hydrogen (secondary N) is 2. The predicted octanol–water partition coefficient (Wildman–Crippen LogP) is 5.51. The lowest BCUT2D eigenvalue weighted by atomic mass is 9.78. The summed E-state index contributed by atoms with van der Waals surface area (Å²) in [6, 6.07) is 18.8. The standard InChI is InChI=1S/C29H31N3O4S/c1-6-35-23-13-9-10-19-25-24(27(33)30-20-15-14-17(2)16-18(20)3)29(4,36-26(19)23)32(28(37)31-25)21-11-7-8-12-22(21)34-5/h7-16,24-25H,6H2,1-5H3,(H,30,33)(H,31,37)/t24-,25+,29-/m0/s1. The molecule has 192 valence electrons. The Kier molecular flexibility index (Phi) is 6.45. The van der Waals surface area contributed by atoms with E-state index in [4.69, 9.17) is 26.4 Å². The van der Waals surface area contributed by atoms with Crippen molar-refractivity contribution in [1.82, 2.24) is 5.32 Å². The second kappa shape index (κ2) is 9.59. The Balaban J connectivity index is 1.67. The number of para-hydroxylation sites is 3. The molecule has 3 aromatic rings. The zero-order chi connectivity index (χ0) is 26.3. The van der Waals surface area contributed by atoms with Crippen molar-refractivity contribution in [3.63, 3.8) is 0 Å². The van der Waals surface area contributed by atoms with E-state index in [0.29, 0.717) is 34.7 Å². The lowest BCUT2D eigenvalue weighted by Gasteiger charge is -2.56. The highest BCUT2D eigenvalue weighted by Gasteiger charge is 2.60. The van der Waals surface area contributed by atoms with Gasteiger partial charge >= 0.3 is 0 Å². The quantitative estimate of drug-likeness (QED) is 0.418. The van der Waals surface area contributed by atoms with Crippen LogP contribution in [0.4, 0.5) is 11.4 Å². The number of ether oxygens (including phenoxy) is 3. The van der Waals surface area contributed by atoms with Gasteiger partial charge in [0.15, 0.2) is 22.3 Å². The first-order valence-electron chi connectivity index (χ1n) is 12.3. The summed E-state index contributed by atoms with van der Waals surface area (Å²) in [5, 5.41) is 7.04. The average molecular weight is 518 g/mol. The molecule has 0 unspecified atom stereocenters. The maximum absolute atomic E-state index is 14.1. The fourth-order valence-electron chi connectivity index (χ4n) is 5.38. The lowest BCUT2D eigenvalue weighted by molar-refractivity contribution is -0.130. The molecule has 0 aromatic heterocycles. The molecule has 2 aliphatic rings. The number of rotatable bonds is 6. The summed E-state index contributed by atoms with van der Waals surface area (Å²) in [6.07, 6.45) is 0. The van der Waals surface area contributed by atoms with E-state index in [0.717, 1.165) is 22.4 Å². The monoisotopic (exact) mass is 517 g/mol. The van der Waals surface area contributed by atoms with Crippen LogP contribution < -0.4 is 29.7 Å². The highest BCUT2D eigenvalue weighted by atomic mass is 32.1. The van der Waals surface area contributed by atoms with Crippen LogP contribution in [-0.2, 0) is 4.79 Å². The number of thiocarbonyl (C=S) groups is 1. The molecule has 0 spiro atoms. The van der Waals surface area contributed by atoms with Gasteiger partial charge in [0.1, 0.15) is 11.7 Å². The zero-order valence-corrected chi connectivity index (χ0v) is 22.4. The van der Waals surface area contributed by atoms with Crippen LogP contribution in [-0.4, -0.2) is 30.5 Å². The van der Waals surface area contributed by atoms with Gasteiger partial charge in [-0.1, -0.05) is 42.0 Å². The fraction of sp³-hybridized carbons (Fsp3) is 0.310. The molecule has 1 saturated heterocycles. The van der Waals surface area contributed by atoms with Crippen molar-refractivity contribution >= 4 is 34.6 Å². The summed E-state index contributed by atoms with van der Waals surface area (Å²) in [5.74, 6) is 0.990. The van der Waals surface area contributed by atoms with Crippen LogP contribution in [0.5, 0.6) is 17.2 Å². The maximum atomic E-state index is 14.1. The van der Waals surface area contributed by atoms with Crippen molar-refractivity contribution < 1.29 is 19.0 Å². The minimum atomic E-state index is -1.19. The highest BCUT2D eigenvalue weighted by Crippen LogP contribution is 2.53. The van der Waals surface area contributed by atoms with Crippen LogP contribution in [0.1, 0.15) is 36.6 Å². The normalized spacial score (nSPS) is 21.9. The second-order valence-corrected chi connectivity index (χ2v) is 9.87. The summed E-state index contributed by atoms with van der Waals surface area (Å²) in [6.45, 7) is 8.33. The number of benzene rings is 3. The molecule has 0 aliphatic carbocycles. The van der Waals surface area contributed by atoms with Gasteiger partial charge in [0.25, 0.3) is 0 Å². The molecule has 1 fully saturated rings. The summed E-state index contributed by atoms with van der Waals surface area (Å²) < 4.78 is 18.4. The Bertz CT molecular complexity index is 1380. The number of hydrogen-bond acceptors (Lipinski definition) is 5. The molecule has 0 radical (unpaired) electrons. The first-order valence-corrected chi connectivity index (χ1v) is 12.8. The number of amides is 1. The van der Waals surface area contributed by atoms with Gasteiger partial charge in [-0.15, -0.1) is 0 Å². The molecule has 2 N–H and O–H groups in total. The highest BCUT2D eigenvalue weighted by molar-refractivity contribution is 7.80. The van der Waals surface area contributed by atoms with Crippen LogP contribution in [0.15, 0.2) is 60.7 Å². The second-order valence-electron chi connectivity index (χ2n) is 9.48. The third kappa shape index (κ3) is 4.15. The van der Waals surface area contributed by atoms with Gasteiger partial charge in [-0.2, -0.15) is 0 Å². The zero-order valence-electron chi connectivity index (χ0n) is 21.6. The summed E-state index contributed by atoms with van der Waals surface area (Å²) in [5.41, 5.74) is 3.22. The Labute approximate surface area is 222 Å². The van der Waals surface area contributed by atoms with Crippen molar-refractivity contribution in [3.05, 3.63) is 77.4 Å². The predicted molar refractivity (Wildman–Crippen MR) is 149 cm³/mol. The minimum absolute atomic E-state index is 0.179. The van der Waals surface area contributed by atoms with Gasteiger partial charge in [0, 0.05) is 11.3 Å². The number of fused-ring (bicyclic) bond motifs is 4. The van der Waals surface area contributed by atoms with Crippen LogP contribution in [0, 0.1) is 19.8 Å². The minimum Gasteiger partial charge on any atom is -0.495 e. The van der Waals surface area contributed by atoms with Crippen LogP contribution in [0.2, 0.25) is 0 Å². The van der Waals surface area contributed by atoms with Crippen LogP contribution >= 0.6 is 12.2 Å². The summed E-state index contributed by atoms with van der Waals surface area (Å²) >= 11 is 5.88. The average Bonchev–Trinajstić information content (AvgIpc) is 2.86. The van der Waals surface area contributed by atoms with Gasteiger partial charge in [-0.3, -0.25) is 9.69 Å². The smallest absolute Gasteiger partial charge is 0.236 e. The number of carbonyl (C=O) groups excluding carboxylic acids is 1. The largest absolute Gasteiger partial charge is 0.495 e. The van der Waals surface area contributed by atoms with E-state index in [1.807, 2.05) is 93.3 Å². The molecule has 1 amide bonds. The van der Waals surface area contributed by atoms with E-state index < -0.39 is 17.7 Å². The van der Waals surface area contributed by atoms with E-state index in [1.54, 1.807) is 7.11 Å².